The monoisotopic (exact) mass is 288 g/mol. The molecule has 5 heteroatoms. The van der Waals surface area contributed by atoms with E-state index in [0.29, 0.717) is 11.1 Å². The lowest BCUT2D eigenvalue weighted by atomic mass is 10.2. The number of hydrogen-bond donors (Lipinski definition) is 2. The first-order chi connectivity index (χ1) is 10.1. The van der Waals surface area contributed by atoms with Crippen LogP contribution in [0.1, 0.15) is 11.1 Å². The van der Waals surface area contributed by atoms with Gasteiger partial charge < -0.3 is 10.6 Å². The maximum absolute atomic E-state index is 12.9. The molecule has 21 heavy (non-hydrogen) atoms. The van der Waals surface area contributed by atoms with Crippen molar-refractivity contribution in [1.82, 2.24) is 10.6 Å². The molecule has 0 aliphatic heterocycles. The Morgan fingerprint density at radius 3 is 2.48 bits per heavy atom. The molecule has 0 spiro atoms. The van der Waals surface area contributed by atoms with Crippen LogP contribution in [0, 0.1) is 11.6 Å². The van der Waals surface area contributed by atoms with E-state index >= 15 is 0 Å². The molecular formula is C16H14F2N2O. The van der Waals surface area contributed by atoms with E-state index in [1.807, 2.05) is 0 Å². The van der Waals surface area contributed by atoms with E-state index in [1.165, 1.54) is 30.5 Å². The van der Waals surface area contributed by atoms with Crippen LogP contribution in [0.3, 0.4) is 0 Å². The summed E-state index contributed by atoms with van der Waals surface area (Å²) in [4.78, 5) is 11.5. The van der Waals surface area contributed by atoms with E-state index in [2.05, 4.69) is 10.6 Å². The molecule has 0 aromatic heterocycles. The van der Waals surface area contributed by atoms with Crippen molar-refractivity contribution in [2.45, 2.75) is 6.54 Å². The molecule has 2 aromatic carbocycles. The highest BCUT2D eigenvalue weighted by Crippen LogP contribution is 2.05. The lowest BCUT2D eigenvalue weighted by Crippen LogP contribution is -2.31. The van der Waals surface area contributed by atoms with E-state index in [4.69, 9.17) is 0 Å². The molecule has 0 atom stereocenters. The molecule has 2 aromatic rings. The standard InChI is InChI=1S/C16H14F2N2O/c17-14-5-1-3-12(9-14)7-8-19-16(21)20-11-13-4-2-6-15(18)10-13/h1-10H,11H2,(H2,19,20,21)/b8-7+. The van der Waals surface area contributed by atoms with Gasteiger partial charge in [-0.1, -0.05) is 24.3 Å². The van der Waals surface area contributed by atoms with E-state index in [9.17, 15) is 13.6 Å². The van der Waals surface area contributed by atoms with Crippen LogP contribution in [0.25, 0.3) is 6.08 Å². The summed E-state index contributed by atoms with van der Waals surface area (Å²) in [5.41, 5.74) is 1.31. The van der Waals surface area contributed by atoms with Gasteiger partial charge in [-0.15, -0.1) is 0 Å². The molecule has 0 saturated carbocycles. The fourth-order valence-corrected chi connectivity index (χ4v) is 1.70. The van der Waals surface area contributed by atoms with E-state index in [1.54, 1.807) is 30.3 Å². The van der Waals surface area contributed by atoms with Crippen molar-refractivity contribution in [2.75, 3.05) is 0 Å². The van der Waals surface area contributed by atoms with Gasteiger partial charge in [-0.3, -0.25) is 0 Å². The highest BCUT2D eigenvalue weighted by Gasteiger charge is 1.99. The SMILES string of the molecule is O=C(N/C=C/c1cccc(F)c1)NCc1cccc(F)c1. The molecule has 0 saturated heterocycles. The summed E-state index contributed by atoms with van der Waals surface area (Å²) in [6.07, 6.45) is 2.99. The zero-order valence-electron chi connectivity index (χ0n) is 11.1. The normalized spacial score (nSPS) is 10.6. The van der Waals surface area contributed by atoms with Crippen molar-refractivity contribution >= 4 is 12.1 Å². The fourth-order valence-electron chi connectivity index (χ4n) is 1.70. The number of carbonyl (C=O) groups is 1. The van der Waals surface area contributed by atoms with E-state index in [0.717, 1.165) is 0 Å². The van der Waals surface area contributed by atoms with Crippen LogP contribution in [0.5, 0.6) is 0 Å². The predicted molar refractivity (Wildman–Crippen MR) is 77.2 cm³/mol. The minimum absolute atomic E-state index is 0.220. The molecule has 0 aliphatic rings. The number of halogens is 2. The molecule has 0 heterocycles. The Balaban J connectivity index is 1.80. The Morgan fingerprint density at radius 2 is 1.76 bits per heavy atom. The molecule has 108 valence electrons. The van der Waals surface area contributed by atoms with Crippen LogP contribution in [0.15, 0.2) is 54.7 Å². The van der Waals surface area contributed by atoms with Gasteiger partial charge in [0.15, 0.2) is 0 Å². The molecule has 2 rings (SSSR count). The summed E-state index contributed by atoms with van der Waals surface area (Å²) in [7, 11) is 0. The second-order valence-corrected chi connectivity index (χ2v) is 4.35. The molecule has 0 bridgehead atoms. The van der Waals surface area contributed by atoms with Crippen molar-refractivity contribution in [2.24, 2.45) is 0 Å². The molecule has 0 unspecified atom stereocenters. The molecule has 0 radical (unpaired) electrons. The summed E-state index contributed by atoms with van der Waals surface area (Å²) in [5.74, 6) is -0.687. The molecular weight excluding hydrogens is 274 g/mol. The summed E-state index contributed by atoms with van der Waals surface area (Å²) in [6, 6.07) is 11.5. The van der Waals surface area contributed by atoms with Gasteiger partial charge in [0.2, 0.25) is 0 Å². The highest BCUT2D eigenvalue weighted by molar-refractivity contribution is 5.75. The molecule has 2 amide bonds. The van der Waals surface area contributed by atoms with Crippen molar-refractivity contribution in [1.29, 1.82) is 0 Å². The van der Waals surface area contributed by atoms with Gasteiger partial charge in [0.1, 0.15) is 11.6 Å². The first-order valence-corrected chi connectivity index (χ1v) is 6.34. The quantitative estimate of drug-likeness (QED) is 0.889. The Morgan fingerprint density at radius 1 is 1.05 bits per heavy atom. The van der Waals surface area contributed by atoms with Gasteiger partial charge in [-0.2, -0.15) is 0 Å². The lowest BCUT2D eigenvalue weighted by Gasteiger charge is -2.04. The van der Waals surface area contributed by atoms with Gasteiger partial charge in [0.25, 0.3) is 0 Å². The topological polar surface area (TPSA) is 41.1 Å². The zero-order chi connectivity index (χ0) is 15.1. The van der Waals surface area contributed by atoms with Crippen LogP contribution < -0.4 is 10.6 Å². The van der Waals surface area contributed by atoms with E-state index in [-0.39, 0.29) is 18.2 Å². The Hall–Kier alpha value is -2.69. The smallest absolute Gasteiger partial charge is 0.319 e. The molecule has 0 aliphatic carbocycles. The fraction of sp³-hybridized carbons (Fsp3) is 0.0625. The average Bonchev–Trinajstić information content (AvgIpc) is 2.45. The Labute approximate surface area is 121 Å². The second kappa shape index (κ2) is 7.19. The number of nitrogens with one attached hydrogen (secondary N) is 2. The largest absolute Gasteiger partial charge is 0.334 e. The average molecular weight is 288 g/mol. The summed E-state index contributed by atoms with van der Waals surface area (Å²) in [6.45, 7) is 0.220. The van der Waals surface area contributed by atoms with Crippen LogP contribution in [-0.2, 0) is 6.54 Å². The zero-order valence-corrected chi connectivity index (χ0v) is 11.1. The second-order valence-electron chi connectivity index (χ2n) is 4.35. The number of urea groups is 1. The van der Waals surface area contributed by atoms with Crippen molar-refractivity contribution in [3.63, 3.8) is 0 Å². The maximum Gasteiger partial charge on any atom is 0.319 e. The highest BCUT2D eigenvalue weighted by atomic mass is 19.1. The third-order valence-corrected chi connectivity index (χ3v) is 2.68. The third-order valence-electron chi connectivity index (χ3n) is 2.68. The minimum atomic E-state index is -0.424. The first kappa shape index (κ1) is 14.7. The maximum atomic E-state index is 12.9. The van der Waals surface area contributed by atoms with Gasteiger partial charge in [-0.05, 0) is 41.5 Å². The molecule has 0 fully saturated rings. The summed E-state index contributed by atoms with van der Waals surface area (Å²) in [5, 5.41) is 5.07. The number of carbonyl (C=O) groups excluding carboxylic acids is 1. The third kappa shape index (κ3) is 5.06. The van der Waals surface area contributed by atoms with Crippen molar-refractivity contribution in [3.8, 4) is 0 Å². The summed E-state index contributed by atoms with van der Waals surface area (Å²) >= 11 is 0. The minimum Gasteiger partial charge on any atom is -0.334 e. The van der Waals surface area contributed by atoms with Crippen LogP contribution >= 0.6 is 0 Å². The lowest BCUT2D eigenvalue weighted by molar-refractivity contribution is 0.244. The van der Waals surface area contributed by atoms with Crippen LogP contribution in [0.4, 0.5) is 13.6 Å². The van der Waals surface area contributed by atoms with Gasteiger partial charge in [0.05, 0.1) is 0 Å². The number of rotatable bonds is 4. The number of hydrogen-bond acceptors (Lipinski definition) is 1. The van der Waals surface area contributed by atoms with Crippen LogP contribution in [-0.4, -0.2) is 6.03 Å². The Bertz CT molecular complexity index is 656. The van der Waals surface area contributed by atoms with Gasteiger partial charge in [0, 0.05) is 12.7 Å². The number of amides is 2. The van der Waals surface area contributed by atoms with Crippen molar-refractivity contribution in [3.05, 3.63) is 77.5 Å². The van der Waals surface area contributed by atoms with E-state index < -0.39 is 6.03 Å². The van der Waals surface area contributed by atoms with Crippen molar-refractivity contribution < 1.29 is 13.6 Å². The first-order valence-electron chi connectivity index (χ1n) is 6.34. The molecule has 2 N–H and O–H groups in total. The predicted octanol–water partition coefficient (Wildman–Crippen LogP) is 3.43. The molecule has 3 nitrogen and oxygen atoms in total. The van der Waals surface area contributed by atoms with Crippen LogP contribution in [0.2, 0.25) is 0 Å². The van der Waals surface area contributed by atoms with Gasteiger partial charge in [-0.25, -0.2) is 13.6 Å². The number of benzene rings is 2. The van der Waals surface area contributed by atoms with Gasteiger partial charge >= 0.3 is 6.03 Å². The summed E-state index contributed by atoms with van der Waals surface area (Å²) < 4.78 is 25.9. The Kier molecular flexibility index (Phi) is 5.04.